The molecule has 118 valence electrons. The summed E-state index contributed by atoms with van der Waals surface area (Å²) in [5, 5.41) is 15.6. The van der Waals surface area contributed by atoms with E-state index in [4.69, 9.17) is 10.2 Å². The number of nitrogens with zero attached hydrogens (tertiary/aromatic N) is 1. The van der Waals surface area contributed by atoms with Crippen LogP contribution in [-0.2, 0) is 0 Å². The van der Waals surface area contributed by atoms with Crippen molar-refractivity contribution in [3.05, 3.63) is 60.6 Å². The molecule has 0 atom stereocenters. The number of furan rings is 1. The van der Waals surface area contributed by atoms with Crippen molar-refractivity contribution in [3.8, 4) is 5.75 Å². The standard InChI is InChI=1S/C18H13N3O3/c19-18(23)17-16(13-5-6-20-9-15(13)24-17)21-11-7-10-3-1-2-4-12(10)14(22)8-11/h1-9,21-22H,(H2,19,23). The lowest BCUT2D eigenvalue weighted by Gasteiger charge is -2.09. The third-order valence-electron chi connectivity index (χ3n) is 3.83. The number of nitrogens with two attached hydrogens (primary N) is 1. The molecule has 0 saturated carbocycles. The van der Waals surface area contributed by atoms with Crippen molar-refractivity contribution >= 4 is 39.0 Å². The molecule has 0 unspecified atom stereocenters. The monoisotopic (exact) mass is 319 g/mol. The van der Waals surface area contributed by atoms with Crippen molar-refractivity contribution in [2.24, 2.45) is 5.73 Å². The Bertz CT molecular complexity index is 1090. The molecule has 0 aliphatic rings. The van der Waals surface area contributed by atoms with E-state index in [0.717, 1.165) is 10.8 Å². The summed E-state index contributed by atoms with van der Waals surface area (Å²) in [4.78, 5) is 15.7. The van der Waals surface area contributed by atoms with Crippen molar-refractivity contribution in [2.75, 3.05) is 5.32 Å². The van der Waals surface area contributed by atoms with Gasteiger partial charge < -0.3 is 20.6 Å². The van der Waals surface area contributed by atoms with Gasteiger partial charge in [-0.3, -0.25) is 9.78 Å². The zero-order chi connectivity index (χ0) is 16.7. The SMILES string of the molecule is NC(=O)c1oc2cnccc2c1Nc1cc(O)c2ccccc2c1. The lowest BCUT2D eigenvalue weighted by Crippen LogP contribution is -2.11. The quantitative estimate of drug-likeness (QED) is 0.536. The molecule has 4 rings (SSSR count). The average molecular weight is 319 g/mol. The molecule has 0 bridgehead atoms. The molecule has 2 aromatic heterocycles. The molecule has 0 spiro atoms. The Morgan fingerprint density at radius 3 is 2.83 bits per heavy atom. The number of carbonyl (C=O) groups is 1. The Balaban J connectivity index is 1.88. The number of fused-ring (bicyclic) bond motifs is 2. The number of aromatic nitrogens is 1. The minimum atomic E-state index is -0.682. The molecular weight excluding hydrogens is 306 g/mol. The van der Waals surface area contributed by atoms with E-state index in [1.165, 1.54) is 6.20 Å². The Hall–Kier alpha value is -3.54. The third kappa shape index (κ3) is 2.21. The fourth-order valence-electron chi connectivity index (χ4n) is 2.76. The van der Waals surface area contributed by atoms with Crippen LogP contribution in [-0.4, -0.2) is 16.0 Å². The van der Waals surface area contributed by atoms with E-state index in [1.807, 2.05) is 30.3 Å². The first-order valence-electron chi connectivity index (χ1n) is 7.28. The number of phenols is 1. The number of hydrogen-bond acceptors (Lipinski definition) is 5. The molecule has 0 radical (unpaired) electrons. The minimum Gasteiger partial charge on any atom is -0.507 e. The molecule has 4 aromatic rings. The van der Waals surface area contributed by atoms with Gasteiger partial charge in [-0.05, 0) is 17.5 Å². The van der Waals surface area contributed by atoms with Crippen LogP contribution in [0.1, 0.15) is 10.6 Å². The molecule has 0 fully saturated rings. The molecule has 6 nitrogen and oxygen atoms in total. The first kappa shape index (κ1) is 14.1. The van der Waals surface area contributed by atoms with Crippen LogP contribution in [0.2, 0.25) is 0 Å². The summed E-state index contributed by atoms with van der Waals surface area (Å²) in [6.45, 7) is 0. The van der Waals surface area contributed by atoms with Crippen molar-refractivity contribution in [2.45, 2.75) is 0 Å². The predicted molar refractivity (Wildman–Crippen MR) is 91.4 cm³/mol. The summed E-state index contributed by atoms with van der Waals surface area (Å²) < 4.78 is 5.49. The second-order valence-corrected chi connectivity index (χ2v) is 5.38. The second kappa shape index (κ2) is 5.27. The van der Waals surface area contributed by atoms with Gasteiger partial charge in [0.25, 0.3) is 5.91 Å². The number of carbonyl (C=O) groups excluding carboxylic acids is 1. The highest BCUT2D eigenvalue weighted by molar-refractivity contribution is 6.07. The van der Waals surface area contributed by atoms with Gasteiger partial charge in [0.2, 0.25) is 5.76 Å². The topological polar surface area (TPSA) is 101 Å². The maximum atomic E-state index is 11.7. The summed E-state index contributed by atoms with van der Waals surface area (Å²) in [5.74, 6) is -0.518. The summed E-state index contributed by atoms with van der Waals surface area (Å²) in [6, 6.07) is 12.7. The number of nitrogens with one attached hydrogen (secondary N) is 1. The van der Waals surface area contributed by atoms with Gasteiger partial charge in [-0.2, -0.15) is 0 Å². The number of phenolic OH excluding ortho intramolecular Hbond substituents is 1. The minimum absolute atomic E-state index is 0.0191. The second-order valence-electron chi connectivity index (χ2n) is 5.38. The number of rotatable bonds is 3. The highest BCUT2D eigenvalue weighted by Gasteiger charge is 2.19. The summed E-state index contributed by atoms with van der Waals surface area (Å²) in [7, 11) is 0. The molecule has 2 aromatic carbocycles. The fraction of sp³-hybridized carbons (Fsp3) is 0. The highest BCUT2D eigenvalue weighted by Crippen LogP contribution is 2.35. The van der Waals surface area contributed by atoms with Crippen LogP contribution in [0.5, 0.6) is 5.75 Å². The van der Waals surface area contributed by atoms with Crippen molar-refractivity contribution in [1.29, 1.82) is 0 Å². The first-order chi connectivity index (χ1) is 11.6. The van der Waals surface area contributed by atoms with Crippen LogP contribution in [0.25, 0.3) is 21.7 Å². The van der Waals surface area contributed by atoms with Gasteiger partial charge in [-0.1, -0.05) is 24.3 Å². The molecule has 6 heteroatoms. The molecule has 0 aliphatic carbocycles. The van der Waals surface area contributed by atoms with Crippen LogP contribution >= 0.6 is 0 Å². The molecule has 0 aliphatic heterocycles. The maximum absolute atomic E-state index is 11.7. The van der Waals surface area contributed by atoms with Crippen LogP contribution in [0, 0.1) is 0 Å². The highest BCUT2D eigenvalue weighted by atomic mass is 16.3. The van der Waals surface area contributed by atoms with Gasteiger partial charge in [0.1, 0.15) is 5.75 Å². The van der Waals surface area contributed by atoms with E-state index in [9.17, 15) is 9.90 Å². The van der Waals surface area contributed by atoms with Gasteiger partial charge in [0, 0.05) is 28.7 Å². The Kier molecular flexibility index (Phi) is 3.09. The molecule has 24 heavy (non-hydrogen) atoms. The number of primary amides is 1. The number of hydrogen-bond donors (Lipinski definition) is 3. The van der Waals surface area contributed by atoms with Gasteiger partial charge in [0.05, 0.1) is 11.9 Å². The maximum Gasteiger partial charge on any atom is 0.286 e. The molecule has 4 N–H and O–H groups in total. The zero-order valence-electron chi connectivity index (χ0n) is 12.5. The van der Waals surface area contributed by atoms with Gasteiger partial charge in [-0.25, -0.2) is 0 Å². The molecule has 2 heterocycles. The molecule has 1 amide bonds. The smallest absolute Gasteiger partial charge is 0.286 e. The van der Waals surface area contributed by atoms with E-state index in [0.29, 0.717) is 22.3 Å². The average Bonchev–Trinajstić information content (AvgIpc) is 2.94. The zero-order valence-corrected chi connectivity index (χ0v) is 12.5. The lowest BCUT2D eigenvalue weighted by atomic mass is 10.1. The largest absolute Gasteiger partial charge is 0.507 e. The van der Waals surface area contributed by atoms with Crippen LogP contribution in [0.15, 0.2) is 59.3 Å². The number of anilines is 2. The Morgan fingerprint density at radius 1 is 1.17 bits per heavy atom. The van der Waals surface area contributed by atoms with Crippen molar-refractivity contribution < 1.29 is 14.3 Å². The van der Waals surface area contributed by atoms with Gasteiger partial charge in [-0.15, -0.1) is 0 Å². The Labute approximate surface area is 136 Å². The lowest BCUT2D eigenvalue weighted by molar-refractivity contribution is 0.0977. The van der Waals surface area contributed by atoms with Crippen LogP contribution in [0.3, 0.4) is 0 Å². The third-order valence-corrected chi connectivity index (χ3v) is 3.83. The normalized spacial score (nSPS) is 11.0. The Morgan fingerprint density at radius 2 is 2.00 bits per heavy atom. The molecular formula is C18H13N3O3. The van der Waals surface area contributed by atoms with Crippen molar-refractivity contribution in [3.63, 3.8) is 0 Å². The van der Waals surface area contributed by atoms with Gasteiger partial charge in [0.15, 0.2) is 5.58 Å². The number of aromatic hydroxyl groups is 1. The van der Waals surface area contributed by atoms with E-state index >= 15 is 0 Å². The summed E-state index contributed by atoms with van der Waals surface area (Å²) in [5.41, 5.74) is 6.94. The number of amides is 1. The van der Waals surface area contributed by atoms with E-state index in [-0.39, 0.29) is 11.5 Å². The molecule has 0 saturated heterocycles. The number of pyridine rings is 1. The first-order valence-corrected chi connectivity index (χ1v) is 7.28. The van der Waals surface area contributed by atoms with E-state index < -0.39 is 5.91 Å². The van der Waals surface area contributed by atoms with Crippen LogP contribution < -0.4 is 11.1 Å². The van der Waals surface area contributed by atoms with E-state index in [1.54, 1.807) is 18.3 Å². The predicted octanol–water partition coefficient (Wildman–Crippen LogP) is 3.53. The van der Waals surface area contributed by atoms with Gasteiger partial charge >= 0.3 is 0 Å². The van der Waals surface area contributed by atoms with Crippen LogP contribution in [0.4, 0.5) is 11.4 Å². The summed E-state index contributed by atoms with van der Waals surface area (Å²) >= 11 is 0. The van der Waals surface area contributed by atoms with Crippen molar-refractivity contribution in [1.82, 2.24) is 4.98 Å². The van der Waals surface area contributed by atoms with E-state index in [2.05, 4.69) is 10.3 Å². The fourth-order valence-corrected chi connectivity index (χ4v) is 2.76. The summed E-state index contributed by atoms with van der Waals surface area (Å²) in [6.07, 6.45) is 3.12. The number of benzene rings is 2.